The molecule has 1 aliphatic rings. The Morgan fingerprint density at radius 3 is 2.68 bits per heavy atom. The molecule has 3 heterocycles. The summed E-state index contributed by atoms with van der Waals surface area (Å²) in [6.45, 7) is 8.66. The van der Waals surface area contributed by atoms with Crippen molar-refractivity contribution >= 4 is 57.7 Å². The van der Waals surface area contributed by atoms with Crippen LogP contribution in [0.4, 0.5) is 5.13 Å². The summed E-state index contributed by atoms with van der Waals surface area (Å²) in [5.41, 5.74) is 7.38. The number of halogens is 1. The number of hydrogen-bond acceptors (Lipinski definition) is 6. The van der Waals surface area contributed by atoms with Crippen molar-refractivity contribution in [2.45, 2.75) is 26.7 Å². The number of guanidine groups is 1. The van der Waals surface area contributed by atoms with E-state index in [4.69, 9.17) is 5.73 Å². The molecule has 0 aromatic carbocycles. The molecule has 2 N–H and O–H groups in total. The van der Waals surface area contributed by atoms with Gasteiger partial charge in [0.2, 0.25) is 0 Å². The SMILES string of the molecule is CCc1nc(CCN=C(N)N2CCN(c3nccs3)CC2)sc1C.I. The van der Waals surface area contributed by atoms with E-state index in [-0.39, 0.29) is 24.0 Å². The molecule has 0 amide bonds. The van der Waals surface area contributed by atoms with Gasteiger partial charge in [-0.15, -0.1) is 46.7 Å². The standard InChI is InChI=1S/C16H24N6S2.HI/c1-3-13-12(2)24-14(20-13)4-5-18-15(17)21-7-9-22(10-8-21)16-19-6-11-23-16;/h6,11H,3-5,7-10H2,1-2H3,(H2,17,18);1H. The molecule has 25 heavy (non-hydrogen) atoms. The van der Waals surface area contributed by atoms with Gasteiger partial charge < -0.3 is 15.5 Å². The van der Waals surface area contributed by atoms with Crippen LogP contribution in [0.2, 0.25) is 0 Å². The Hall–Kier alpha value is -0.940. The maximum Gasteiger partial charge on any atom is 0.191 e. The monoisotopic (exact) mass is 492 g/mol. The van der Waals surface area contributed by atoms with E-state index < -0.39 is 0 Å². The highest BCUT2D eigenvalue weighted by atomic mass is 127. The largest absolute Gasteiger partial charge is 0.370 e. The third-order valence-electron chi connectivity index (χ3n) is 4.16. The highest BCUT2D eigenvalue weighted by molar-refractivity contribution is 14.0. The van der Waals surface area contributed by atoms with Crippen molar-refractivity contribution in [3.8, 4) is 0 Å². The van der Waals surface area contributed by atoms with E-state index in [9.17, 15) is 0 Å². The normalized spacial score (nSPS) is 15.4. The van der Waals surface area contributed by atoms with Gasteiger partial charge in [-0.05, 0) is 13.3 Å². The molecular formula is C16H25IN6S2. The minimum Gasteiger partial charge on any atom is -0.370 e. The zero-order valence-corrected chi connectivity index (χ0v) is 18.6. The molecule has 0 spiro atoms. The van der Waals surface area contributed by atoms with Crippen LogP contribution in [0.15, 0.2) is 16.6 Å². The van der Waals surface area contributed by atoms with E-state index in [0.717, 1.165) is 49.2 Å². The van der Waals surface area contributed by atoms with Crippen molar-refractivity contribution in [2.75, 3.05) is 37.6 Å². The number of hydrogen-bond donors (Lipinski definition) is 1. The number of piperazine rings is 1. The Bertz CT molecular complexity index is 677. The van der Waals surface area contributed by atoms with Gasteiger partial charge in [0, 0.05) is 55.6 Å². The molecule has 9 heteroatoms. The number of thiazole rings is 2. The molecule has 6 nitrogen and oxygen atoms in total. The predicted octanol–water partition coefficient (Wildman–Crippen LogP) is 2.77. The minimum atomic E-state index is 0. The van der Waals surface area contributed by atoms with Crippen LogP contribution >= 0.6 is 46.7 Å². The van der Waals surface area contributed by atoms with Gasteiger partial charge in [0.1, 0.15) is 0 Å². The fourth-order valence-corrected chi connectivity index (χ4v) is 4.49. The number of nitrogens with two attached hydrogens (primary N) is 1. The van der Waals surface area contributed by atoms with Crippen molar-refractivity contribution in [3.63, 3.8) is 0 Å². The van der Waals surface area contributed by atoms with Gasteiger partial charge in [0.25, 0.3) is 0 Å². The fourth-order valence-electron chi connectivity index (χ4n) is 2.79. The molecule has 1 fully saturated rings. The summed E-state index contributed by atoms with van der Waals surface area (Å²) in [5, 5.41) is 4.27. The molecule has 0 atom stereocenters. The Kier molecular flexibility index (Phi) is 7.88. The third kappa shape index (κ3) is 5.27. The Labute approximate surface area is 174 Å². The first kappa shape index (κ1) is 20.4. The summed E-state index contributed by atoms with van der Waals surface area (Å²) >= 11 is 3.46. The van der Waals surface area contributed by atoms with Crippen molar-refractivity contribution in [1.82, 2.24) is 14.9 Å². The molecule has 0 radical (unpaired) electrons. The first-order valence-corrected chi connectivity index (χ1v) is 10.0. The highest BCUT2D eigenvalue weighted by Crippen LogP contribution is 2.19. The number of nitrogens with zero attached hydrogens (tertiary/aromatic N) is 5. The second kappa shape index (κ2) is 9.67. The van der Waals surface area contributed by atoms with E-state index in [2.05, 4.69) is 38.6 Å². The molecule has 2 aromatic heterocycles. The van der Waals surface area contributed by atoms with E-state index in [1.807, 2.05) is 11.6 Å². The van der Waals surface area contributed by atoms with Crippen molar-refractivity contribution in [2.24, 2.45) is 10.7 Å². The van der Waals surface area contributed by atoms with E-state index in [0.29, 0.717) is 12.5 Å². The predicted molar refractivity (Wildman–Crippen MR) is 118 cm³/mol. The number of aliphatic imine (C=N–C) groups is 1. The lowest BCUT2D eigenvalue weighted by molar-refractivity contribution is 0.380. The van der Waals surface area contributed by atoms with Gasteiger partial charge in [0.15, 0.2) is 11.1 Å². The molecule has 0 saturated carbocycles. The lowest BCUT2D eigenvalue weighted by Gasteiger charge is -2.35. The molecule has 1 saturated heterocycles. The molecule has 138 valence electrons. The lowest BCUT2D eigenvalue weighted by Crippen LogP contribution is -2.51. The van der Waals surface area contributed by atoms with Crippen LogP contribution in [0.25, 0.3) is 0 Å². The minimum absolute atomic E-state index is 0. The van der Waals surface area contributed by atoms with E-state index >= 15 is 0 Å². The van der Waals surface area contributed by atoms with E-state index in [1.54, 1.807) is 22.7 Å². The van der Waals surface area contributed by atoms with Crippen molar-refractivity contribution < 1.29 is 0 Å². The number of anilines is 1. The van der Waals surface area contributed by atoms with Gasteiger partial charge in [0.05, 0.1) is 10.7 Å². The Morgan fingerprint density at radius 1 is 1.32 bits per heavy atom. The van der Waals surface area contributed by atoms with Crippen LogP contribution in [0.1, 0.15) is 22.5 Å². The molecule has 3 rings (SSSR count). The van der Waals surface area contributed by atoms with Crippen LogP contribution in [0.3, 0.4) is 0 Å². The van der Waals surface area contributed by atoms with Crippen LogP contribution in [-0.2, 0) is 12.8 Å². The first-order valence-electron chi connectivity index (χ1n) is 8.32. The third-order valence-corrected chi connectivity index (χ3v) is 6.07. The van der Waals surface area contributed by atoms with Crippen molar-refractivity contribution in [1.29, 1.82) is 0 Å². The number of aryl methyl sites for hydroxylation is 2. The fraction of sp³-hybridized carbons (Fsp3) is 0.562. The highest BCUT2D eigenvalue weighted by Gasteiger charge is 2.19. The second-order valence-electron chi connectivity index (χ2n) is 5.74. The maximum atomic E-state index is 6.17. The van der Waals surface area contributed by atoms with Gasteiger partial charge in [-0.25, -0.2) is 9.97 Å². The second-order valence-corrected chi connectivity index (χ2v) is 7.90. The zero-order valence-electron chi connectivity index (χ0n) is 14.6. The summed E-state index contributed by atoms with van der Waals surface area (Å²) < 4.78 is 0. The Morgan fingerprint density at radius 2 is 2.08 bits per heavy atom. The molecule has 1 aliphatic heterocycles. The number of rotatable bonds is 5. The summed E-state index contributed by atoms with van der Waals surface area (Å²) in [6.07, 6.45) is 3.72. The molecule has 2 aromatic rings. The average molecular weight is 492 g/mol. The van der Waals surface area contributed by atoms with Gasteiger partial charge in [-0.1, -0.05) is 6.92 Å². The molecule has 0 bridgehead atoms. The molecule has 0 aliphatic carbocycles. The lowest BCUT2D eigenvalue weighted by atomic mass is 10.3. The summed E-state index contributed by atoms with van der Waals surface area (Å²) in [4.78, 5) is 19.4. The number of aromatic nitrogens is 2. The van der Waals surface area contributed by atoms with Crippen molar-refractivity contribution in [3.05, 3.63) is 27.2 Å². The van der Waals surface area contributed by atoms with Gasteiger partial charge in [-0.2, -0.15) is 0 Å². The first-order chi connectivity index (χ1) is 11.7. The summed E-state index contributed by atoms with van der Waals surface area (Å²) in [7, 11) is 0. The zero-order chi connectivity index (χ0) is 16.9. The quantitative estimate of drug-likeness (QED) is 0.395. The van der Waals surface area contributed by atoms with E-state index in [1.165, 1.54) is 10.6 Å². The average Bonchev–Trinajstić information content (AvgIpc) is 3.24. The van der Waals surface area contributed by atoms with Crippen LogP contribution in [0, 0.1) is 6.92 Å². The van der Waals surface area contributed by atoms with Crippen LogP contribution in [-0.4, -0.2) is 53.6 Å². The van der Waals surface area contributed by atoms with Gasteiger partial charge >= 0.3 is 0 Å². The van der Waals surface area contributed by atoms with Crippen LogP contribution < -0.4 is 10.6 Å². The summed E-state index contributed by atoms with van der Waals surface area (Å²) in [6, 6.07) is 0. The van der Waals surface area contributed by atoms with Gasteiger partial charge in [-0.3, -0.25) is 4.99 Å². The maximum absolute atomic E-state index is 6.17. The molecule has 0 unspecified atom stereocenters. The topological polar surface area (TPSA) is 70.6 Å². The summed E-state index contributed by atoms with van der Waals surface area (Å²) in [5.74, 6) is 0.651. The molecular weight excluding hydrogens is 467 g/mol. The Balaban J connectivity index is 0.00000225. The smallest absolute Gasteiger partial charge is 0.191 e. The van der Waals surface area contributed by atoms with Crippen LogP contribution in [0.5, 0.6) is 0 Å².